The standard InChI is InChI=1S/C22H20ClNO5S/c1-27-15-9-10-18(28-2)17(11-15)24-20(25)12-29-21(26)13-30-19-8-4-6-14-5-3-7-16(23)22(14)19/h3-11H,12-13H2,1-2H3,(H,24,25). The highest BCUT2D eigenvalue weighted by atomic mass is 35.5. The van der Waals surface area contributed by atoms with Crippen LogP contribution >= 0.6 is 23.4 Å². The van der Waals surface area contributed by atoms with Gasteiger partial charge in [-0.15, -0.1) is 11.8 Å². The van der Waals surface area contributed by atoms with Crippen molar-refractivity contribution in [2.24, 2.45) is 0 Å². The average molecular weight is 446 g/mol. The summed E-state index contributed by atoms with van der Waals surface area (Å²) in [6.45, 7) is -0.407. The third-order valence-electron chi connectivity index (χ3n) is 4.21. The topological polar surface area (TPSA) is 73.9 Å². The predicted octanol–water partition coefficient (Wildman–Crippen LogP) is 4.78. The van der Waals surface area contributed by atoms with Gasteiger partial charge in [0.15, 0.2) is 6.61 Å². The van der Waals surface area contributed by atoms with Crippen molar-refractivity contribution < 1.29 is 23.8 Å². The van der Waals surface area contributed by atoms with Gasteiger partial charge in [-0.05, 0) is 29.7 Å². The Kier molecular flexibility index (Phi) is 7.43. The second-order valence-electron chi connectivity index (χ2n) is 6.16. The Bertz CT molecular complexity index is 1070. The molecule has 3 aromatic carbocycles. The zero-order valence-corrected chi connectivity index (χ0v) is 18.0. The van der Waals surface area contributed by atoms with E-state index in [0.29, 0.717) is 22.2 Å². The van der Waals surface area contributed by atoms with Crippen LogP contribution in [0.5, 0.6) is 11.5 Å². The Morgan fingerprint density at radius 2 is 1.80 bits per heavy atom. The van der Waals surface area contributed by atoms with Gasteiger partial charge in [0.2, 0.25) is 0 Å². The Hall–Kier alpha value is -2.90. The number of methoxy groups -OCH3 is 2. The molecule has 0 atom stereocenters. The fraction of sp³-hybridized carbons (Fsp3) is 0.182. The van der Waals surface area contributed by atoms with Gasteiger partial charge in [0.05, 0.1) is 25.7 Å². The lowest BCUT2D eigenvalue weighted by atomic mass is 10.1. The number of ether oxygens (including phenoxy) is 3. The van der Waals surface area contributed by atoms with E-state index >= 15 is 0 Å². The molecule has 156 valence electrons. The molecular weight excluding hydrogens is 426 g/mol. The van der Waals surface area contributed by atoms with E-state index in [1.165, 1.54) is 26.0 Å². The van der Waals surface area contributed by atoms with E-state index in [1.54, 1.807) is 18.2 Å². The molecule has 0 aliphatic rings. The minimum atomic E-state index is -0.503. The van der Waals surface area contributed by atoms with Crippen LogP contribution in [0.2, 0.25) is 5.02 Å². The van der Waals surface area contributed by atoms with Crippen molar-refractivity contribution in [3.8, 4) is 11.5 Å². The van der Waals surface area contributed by atoms with Crippen LogP contribution in [0.1, 0.15) is 0 Å². The SMILES string of the molecule is COc1ccc(OC)c(NC(=O)COC(=O)CSc2cccc3cccc(Cl)c23)c1. The van der Waals surface area contributed by atoms with Gasteiger partial charge >= 0.3 is 5.97 Å². The number of halogens is 1. The van der Waals surface area contributed by atoms with Gasteiger partial charge in [-0.25, -0.2) is 0 Å². The van der Waals surface area contributed by atoms with Crippen LogP contribution in [0.3, 0.4) is 0 Å². The number of carbonyl (C=O) groups is 2. The molecule has 0 aromatic heterocycles. The number of fused-ring (bicyclic) bond motifs is 1. The second kappa shape index (κ2) is 10.2. The van der Waals surface area contributed by atoms with Crippen molar-refractivity contribution in [3.05, 3.63) is 59.6 Å². The number of nitrogens with one attached hydrogen (secondary N) is 1. The summed E-state index contributed by atoms with van der Waals surface area (Å²) in [5.74, 6) is 0.108. The van der Waals surface area contributed by atoms with Crippen LogP contribution in [0.15, 0.2) is 59.5 Å². The number of hydrogen-bond donors (Lipinski definition) is 1. The van der Waals surface area contributed by atoms with Gasteiger partial charge in [0.1, 0.15) is 11.5 Å². The number of anilines is 1. The average Bonchev–Trinajstić information content (AvgIpc) is 2.76. The third-order valence-corrected chi connectivity index (χ3v) is 5.55. The summed E-state index contributed by atoms with van der Waals surface area (Å²) in [6, 6.07) is 16.4. The summed E-state index contributed by atoms with van der Waals surface area (Å²) in [7, 11) is 3.02. The van der Waals surface area contributed by atoms with Gasteiger partial charge in [-0.1, -0.05) is 35.9 Å². The third kappa shape index (κ3) is 5.37. The summed E-state index contributed by atoms with van der Waals surface area (Å²) >= 11 is 7.61. The first kappa shape index (κ1) is 21.8. The Labute approximate surface area is 183 Å². The Balaban J connectivity index is 1.55. The number of carbonyl (C=O) groups excluding carboxylic acids is 2. The maximum Gasteiger partial charge on any atom is 0.316 e. The highest BCUT2D eigenvalue weighted by molar-refractivity contribution is 8.00. The molecule has 0 saturated carbocycles. The molecule has 3 aromatic rings. The molecule has 0 heterocycles. The zero-order chi connectivity index (χ0) is 21.5. The number of hydrogen-bond acceptors (Lipinski definition) is 6. The van der Waals surface area contributed by atoms with Crippen LogP contribution in [0.4, 0.5) is 5.69 Å². The fourth-order valence-electron chi connectivity index (χ4n) is 2.80. The minimum Gasteiger partial charge on any atom is -0.497 e. The molecule has 0 bridgehead atoms. The quantitative estimate of drug-likeness (QED) is 0.397. The van der Waals surface area contributed by atoms with Crippen molar-refractivity contribution in [2.75, 3.05) is 31.9 Å². The summed E-state index contributed by atoms with van der Waals surface area (Å²) in [5.41, 5.74) is 0.428. The molecular formula is C22H20ClNO5S. The Morgan fingerprint density at radius 1 is 1.03 bits per heavy atom. The van der Waals surface area contributed by atoms with Crippen molar-refractivity contribution in [1.29, 1.82) is 0 Å². The molecule has 0 spiro atoms. The van der Waals surface area contributed by atoms with Crippen LogP contribution in [0.25, 0.3) is 10.8 Å². The second-order valence-corrected chi connectivity index (χ2v) is 7.58. The van der Waals surface area contributed by atoms with E-state index in [-0.39, 0.29) is 5.75 Å². The molecule has 0 unspecified atom stereocenters. The van der Waals surface area contributed by atoms with E-state index < -0.39 is 18.5 Å². The molecule has 0 radical (unpaired) electrons. The van der Waals surface area contributed by atoms with E-state index in [1.807, 2.05) is 36.4 Å². The molecule has 0 aliphatic heterocycles. The number of benzene rings is 3. The van der Waals surface area contributed by atoms with Gasteiger partial charge in [0.25, 0.3) is 5.91 Å². The van der Waals surface area contributed by atoms with E-state index in [0.717, 1.165) is 15.7 Å². The first-order valence-corrected chi connectivity index (χ1v) is 10.4. The van der Waals surface area contributed by atoms with Gasteiger partial charge in [-0.2, -0.15) is 0 Å². The lowest BCUT2D eigenvalue weighted by molar-refractivity contribution is -0.144. The first-order chi connectivity index (χ1) is 14.5. The van der Waals surface area contributed by atoms with Gasteiger partial charge < -0.3 is 19.5 Å². The van der Waals surface area contributed by atoms with Crippen molar-refractivity contribution in [1.82, 2.24) is 0 Å². The highest BCUT2D eigenvalue weighted by Crippen LogP contribution is 2.33. The van der Waals surface area contributed by atoms with Crippen molar-refractivity contribution >= 4 is 51.7 Å². The fourth-order valence-corrected chi connectivity index (χ4v) is 4.05. The summed E-state index contributed by atoms with van der Waals surface area (Å²) in [6.07, 6.45) is 0. The van der Waals surface area contributed by atoms with Crippen LogP contribution < -0.4 is 14.8 Å². The first-order valence-electron chi connectivity index (χ1n) is 8.99. The summed E-state index contributed by atoms with van der Waals surface area (Å²) in [4.78, 5) is 25.2. The molecule has 8 heteroatoms. The molecule has 1 N–H and O–H groups in total. The van der Waals surface area contributed by atoms with Gasteiger partial charge in [0, 0.05) is 21.4 Å². The van der Waals surface area contributed by atoms with Crippen LogP contribution in [-0.4, -0.2) is 38.5 Å². The normalized spacial score (nSPS) is 10.5. The molecule has 3 rings (SSSR count). The van der Waals surface area contributed by atoms with Gasteiger partial charge in [-0.3, -0.25) is 9.59 Å². The van der Waals surface area contributed by atoms with Crippen LogP contribution in [0, 0.1) is 0 Å². The lowest BCUT2D eigenvalue weighted by Gasteiger charge is -2.12. The number of thioether (sulfide) groups is 1. The largest absolute Gasteiger partial charge is 0.497 e. The molecule has 0 saturated heterocycles. The molecule has 0 aliphatic carbocycles. The lowest BCUT2D eigenvalue weighted by Crippen LogP contribution is -2.22. The maximum atomic E-state index is 12.2. The summed E-state index contributed by atoms with van der Waals surface area (Å²) < 4.78 is 15.4. The molecule has 30 heavy (non-hydrogen) atoms. The number of amides is 1. The van der Waals surface area contributed by atoms with E-state index in [4.69, 9.17) is 25.8 Å². The molecule has 1 amide bonds. The number of rotatable bonds is 8. The van der Waals surface area contributed by atoms with E-state index in [2.05, 4.69) is 5.32 Å². The zero-order valence-electron chi connectivity index (χ0n) is 16.4. The number of esters is 1. The van der Waals surface area contributed by atoms with Crippen LogP contribution in [-0.2, 0) is 14.3 Å². The molecule has 6 nitrogen and oxygen atoms in total. The highest BCUT2D eigenvalue weighted by Gasteiger charge is 2.13. The van der Waals surface area contributed by atoms with Crippen molar-refractivity contribution in [2.45, 2.75) is 4.90 Å². The van der Waals surface area contributed by atoms with Crippen molar-refractivity contribution in [3.63, 3.8) is 0 Å². The monoisotopic (exact) mass is 445 g/mol. The predicted molar refractivity (Wildman–Crippen MR) is 119 cm³/mol. The minimum absolute atomic E-state index is 0.0557. The maximum absolute atomic E-state index is 12.2. The molecule has 0 fully saturated rings. The van der Waals surface area contributed by atoms with E-state index in [9.17, 15) is 9.59 Å². The Morgan fingerprint density at radius 3 is 2.53 bits per heavy atom. The summed E-state index contributed by atoms with van der Waals surface area (Å²) in [5, 5.41) is 5.16. The smallest absolute Gasteiger partial charge is 0.316 e.